The van der Waals surface area contributed by atoms with E-state index in [1.807, 2.05) is 30.3 Å². The Morgan fingerprint density at radius 2 is 1.75 bits per heavy atom. The first-order valence-corrected chi connectivity index (χ1v) is 9.93. The number of nitrogens with zero attached hydrogens (tertiary/aromatic N) is 2. The highest BCUT2D eigenvalue weighted by Crippen LogP contribution is 2.17. The van der Waals surface area contributed by atoms with Crippen LogP contribution in [0, 0.1) is 0 Å². The molecule has 24 heavy (non-hydrogen) atoms. The fourth-order valence-electron chi connectivity index (χ4n) is 2.53. The molecule has 2 rings (SSSR count). The number of hydrogen-bond acceptors (Lipinski definition) is 3. The van der Waals surface area contributed by atoms with E-state index in [-0.39, 0.29) is 0 Å². The largest absolute Gasteiger partial charge is 0.261 e. The summed E-state index contributed by atoms with van der Waals surface area (Å²) in [6.45, 7) is 2.59. The molecule has 130 valence electrons. The van der Waals surface area contributed by atoms with Gasteiger partial charge in [0.1, 0.15) is 0 Å². The molecule has 0 radical (unpaired) electrons. The van der Waals surface area contributed by atoms with Crippen LogP contribution in [-0.4, -0.2) is 31.3 Å². The quantitative estimate of drug-likeness (QED) is 0.651. The summed E-state index contributed by atoms with van der Waals surface area (Å²) >= 11 is 0. The number of unbranched alkanes of at least 4 members (excludes halogenated alkanes) is 2. The normalized spacial score (nSPS) is 11.8. The summed E-state index contributed by atoms with van der Waals surface area (Å²) < 4.78 is 26.7. The molecule has 4 nitrogen and oxygen atoms in total. The first-order valence-electron chi connectivity index (χ1n) is 8.49. The van der Waals surface area contributed by atoms with Crippen LogP contribution in [0.25, 0.3) is 0 Å². The van der Waals surface area contributed by atoms with Crippen molar-refractivity contribution in [3.05, 3.63) is 59.9 Å². The van der Waals surface area contributed by atoms with Gasteiger partial charge < -0.3 is 0 Å². The monoisotopic (exact) mass is 346 g/mol. The number of rotatable bonds is 9. The van der Waals surface area contributed by atoms with E-state index in [4.69, 9.17) is 0 Å². The third-order valence-electron chi connectivity index (χ3n) is 4.11. The SMILES string of the molecule is CCCCCc1ccc(S(=O)(=O)N(C)CCc2ccccn2)cc1. The average Bonchev–Trinajstić information content (AvgIpc) is 2.61. The van der Waals surface area contributed by atoms with Crippen molar-refractivity contribution in [2.75, 3.05) is 13.6 Å². The van der Waals surface area contributed by atoms with E-state index in [1.165, 1.54) is 22.7 Å². The maximum atomic E-state index is 12.6. The van der Waals surface area contributed by atoms with Gasteiger partial charge in [-0.2, -0.15) is 0 Å². The Labute approximate surface area is 145 Å². The number of benzene rings is 1. The van der Waals surface area contributed by atoms with Crippen molar-refractivity contribution in [2.45, 2.75) is 43.9 Å². The fourth-order valence-corrected chi connectivity index (χ4v) is 3.70. The van der Waals surface area contributed by atoms with E-state index in [0.29, 0.717) is 17.9 Å². The Kier molecular flexibility index (Phi) is 6.94. The average molecular weight is 346 g/mol. The zero-order chi connectivity index (χ0) is 17.4. The molecule has 0 N–H and O–H groups in total. The molecule has 0 saturated heterocycles. The molecular weight excluding hydrogens is 320 g/mol. The van der Waals surface area contributed by atoms with Gasteiger partial charge in [0.05, 0.1) is 4.90 Å². The molecule has 0 aliphatic rings. The van der Waals surface area contributed by atoms with Crippen molar-refractivity contribution in [1.82, 2.24) is 9.29 Å². The lowest BCUT2D eigenvalue weighted by Crippen LogP contribution is -2.29. The second kappa shape index (κ2) is 8.94. The lowest BCUT2D eigenvalue weighted by molar-refractivity contribution is 0.471. The van der Waals surface area contributed by atoms with Crippen molar-refractivity contribution < 1.29 is 8.42 Å². The van der Waals surface area contributed by atoms with Crippen molar-refractivity contribution in [2.24, 2.45) is 0 Å². The Morgan fingerprint density at radius 1 is 1.00 bits per heavy atom. The van der Waals surface area contributed by atoms with Gasteiger partial charge in [-0.25, -0.2) is 12.7 Å². The molecule has 0 saturated carbocycles. The minimum absolute atomic E-state index is 0.352. The van der Waals surface area contributed by atoms with Gasteiger partial charge >= 0.3 is 0 Å². The van der Waals surface area contributed by atoms with Crippen molar-refractivity contribution in [3.8, 4) is 0 Å². The molecule has 0 aliphatic heterocycles. The predicted molar refractivity (Wildman–Crippen MR) is 97.4 cm³/mol. The van der Waals surface area contributed by atoms with Crippen LogP contribution in [0.2, 0.25) is 0 Å². The number of aryl methyl sites for hydroxylation is 1. The Morgan fingerprint density at radius 3 is 2.38 bits per heavy atom. The van der Waals surface area contributed by atoms with Gasteiger partial charge in [-0.1, -0.05) is 38.0 Å². The third-order valence-corrected chi connectivity index (χ3v) is 5.98. The second-order valence-corrected chi connectivity index (χ2v) is 8.04. The van der Waals surface area contributed by atoms with E-state index in [9.17, 15) is 8.42 Å². The summed E-state index contributed by atoms with van der Waals surface area (Å²) in [5, 5.41) is 0. The Balaban J connectivity index is 1.98. The third kappa shape index (κ3) is 5.14. The van der Waals surface area contributed by atoms with Gasteiger partial charge in [0, 0.05) is 31.9 Å². The van der Waals surface area contributed by atoms with Crippen molar-refractivity contribution in [1.29, 1.82) is 0 Å². The minimum Gasteiger partial charge on any atom is -0.261 e. The van der Waals surface area contributed by atoms with Gasteiger partial charge in [-0.15, -0.1) is 0 Å². The molecule has 1 aromatic carbocycles. The van der Waals surface area contributed by atoms with Crippen LogP contribution < -0.4 is 0 Å². The van der Waals surface area contributed by atoms with E-state index in [0.717, 1.165) is 18.5 Å². The maximum Gasteiger partial charge on any atom is 0.242 e. The van der Waals surface area contributed by atoms with Crippen LogP contribution in [0.3, 0.4) is 0 Å². The van der Waals surface area contributed by atoms with Gasteiger partial charge in [-0.05, 0) is 42.7 Å². The predicted octanol–water partition coefficient (Wildman–Crippen LogP) is 3.68. The first-order chi connectivity index (χ1) is 11.5. The highest BCUT2D eigenvalue weighted by atomic mass is 32.2. The summed E-state index contributed by atoms with van der Waals surface area (Å²) in [5.41, 5.74) is 2.09. The molecule has 1 aromatic heterocycles. The molecule has 5 heteroatoms. The van der Waals surface area contributed by atoms with Gasteiger partial charge in [0.2, 0.25) is 10.0 Å². The topological polar surface area (TPSA) is 50.3 Å². The molecule has 0 fully saturated rings. The Hall–Kier alpha value is -1.72. The summed E-state index contributed by atoms with van der Waals surface area (Å²) in [6.07, 6.45) is 6.87. The van der Waals surface area contributed by atoms with Crippen LogP contribution >= 0.6 is 0 Å². The molecule has 0 bridgehead atoms. The maximum absolute atomic E-state index is 12.6. The van der Waals surface area contributed by atoms with E-state index in [2.05, 4.69) is 11.9 Å². The van der Waals surface area contributed by atoms with Gasteiger partial charge in [0.15, 0.2) is 0 Å². The van der Waals surface area contributed by atoms with Crippen LogP contribution in [0.1, 0.15) is 37.4 Å². The summed E-state index contributed by atoms with van der Waals surface area (Å²) in [7, 11) is -1.83. The number of pyridine rings is 1. The lowest BCUT2D eigenvalue weighted by Gasteiger charge is -2.17. The van der Waals surface area contributed by atoms with E-state index < -0.39 is 10.0 Å². The highest BCUT2D eigenvalue weighted by Gasteiger charge is 2.20. The lowest BCUT2D eigenvalue weighted by atomic mass is 10.1. The molecule has 0 aliphatic carbocycles. The Bertz CT molecular complexity index is 713. The molecule has 0 spiro atoms. The zero-order valence-electron chi connectivity index (χ0n) is 14.5. The highest BCUT2D eigenvalue weighted by molar-refractivity contribution is 7.89. The molecule has 0 unspecified atom stereocenters. The standard InChI is InChI=1S/C19H26N2O2S/c1-3-4-5-8-17-10-12-19(13-11-17)24(22,23)21(2)16-14-18-9-6-7-15-20-18/h6-7,9-13,15H,3-5,8,14,16H2,1-2H3. The zero-order valence-corrected chi connectivity index (χ0v) is 15.3. The van der Waals surface area contributed by atoms with Crippen molar-refractivity contribution >= 4 is 10.0 Å². The number of sulfonamides is 1. The number of likely N-dealkylation sites (N-methyl/N-ethyl adjacent to an activating group) is 1. The smallest absolute Gasteiger partial charge is 0.242 e. The fraction of sp³-hybridized carbons (Fsp3) is 0.421. The number of aromatic nitrogens is 1. The van der Waals surface area contributed by atoms with E-state index >= 15 is 0 Å². The summed E-state index contributed by atoms with van der Waals surface area (Å²) in [4.78, 5) is 4.58. The summed E-state index contributed by atoms with van der Waals surface area (Å²) in [6, 6.07) is 13.0. The van der Waals surface area contributed by atoms with Gasteiger partial charge in [0.25, 0.3) is 0 Å². The van der Waals surface area contributed by atoms with Crippen LogP contribution in [-0.2, 0) is 22.9 Å². The second-order valence-electron chi connectivity index (χ2n) is 6.00. The molecular formula is C19H26N2O2S. The van der Waals surface area contributed by atoms with Crippen LogP contribution in [0.4, 0.5) is 0 Å². The first kappa shape index (κ1) is 18.6. The van der Waals surface area contributed by atoms with Gasteiger partial charge in [-0.3, -0.25) is 4.98 Å². The summed E-state index contributed by atoms with van der Waals surface area (Å²) in [5.74, 6) is 0. The molecule has 2 aromatic rings. The van der Waals surface area contributed by atoms with Crippen LogP contribution in [0.5, 0.6) is 0 Å². The minimum atomic E-state index is -3.45. The number of hydrogen-bond donors (Lipinski definition) is 0. The molecule has 0 atom stereocenters. The van der Waals surface area contributed by atoms with E-state index in [1.54, 1.807) is 25.4 Å². The molecule has 0 amide bonds. The van der Waals surface area contributed by atoms with Crippen LogP contribution in [0.15, 0.2) is 53.6 Å². The molecule has 1 heterocycles. The van der Waals surface area contributed by atoms with Crippen molar-refractivity contribution in [3.63, 3.8) is 0 Å².